The summed E-state index contributed by atoms with van der Waals surface area (Å²) < 4.78 is 39.2. The van der Waals surface area contributed by atoms with Gasteiger partial charge in [0, 0.05) is 17.3 Å². The van der Waals surface area contributed by atoms with Gasteiger partial charge in [-0.15, -0.1) is 0 Å². The van der Waals surface area contributed by atoms with E-state index < -0.39 is 35.7 Å². The average molecular weight is 383 g/mol. The van der Waals surface area contributed by atoms with Gasteiger partial charge in [0.1, 0.15) is 6.42 Å². The van der Waals surface area contributed by atoms with Gasteiger partial charge in [0.05, 0.1) is 11.3 Å². The van der Waals surface area contributed by atoms with Crippen molar-refractivity contribution >= 4 is 34.8 Å². The predicted octanol–water partition coefficient (Wildman–Crippen LogP) is 4.28. The quantitative estimate of drug-likeness (QED) is 0.806. The van der Waals surface area contributed by atoms with Crippen LogP contribution in [0.25, 0.3) is 0 Å². The van der Waals surface area contributed by atoms with Crippen LogP contribution in [0.1, 0.15) is 17.5 Å². The molecule has 0 fully saturated rings. The normalized spacial score (nSPS) is 13.5. The molecule has 0 saturated carbocycles. The van der Waals surface area contributed by atoms with Crippen LogP contribution in [0, 0.1) is 0 Å². The third-order valence-electron chi connectivity index (χ3n) is 4.06. The molecule has 0 bridgehead atoms. The first kappa shape index (κ1) is 18.3. The molecule has 0 saturated heterocycles. The van der Waals surface area contributed by atoms with Crippen LogP contribution in [-0.4, -0.2) is 18.4 Å². The van der Waals surface area contributed by atoms with Crippen molar-refractivity contribution in [3.63, 3.8) is 0 Å². The van der Waals surface area contributed by atoms with Gasteiger partial charge in [-0.3, -0.25) is 9.59 Å². The number of hydrogen-bond acceptors (Lipinski definition) is 2. The number of hydrogen-bond donors (Lipinski definition) is 1. The summed E-state index contributed by atoms with van der Waals surface area (Å²) in [4.78, 5) is 25.9. The van der Waals surface area contributed by atoms with Crippen molar-refractivity contribution < 1.29 is 22.8 Å². The van der Waals surface area contributed by atoms with Crippen LogP contribution in [0.4, 0.5) is 24.5 Å². The number of benzene rings is 2. The number of alkyl halides is 3. The van der Waals surface area contributed by atoms with E-state index in [9.17, 15) is 22.8 Å². The summed E-state index contributed by atoms with van der Waals surface area (Å²) in [7, 11) is 0. The highest BCUT2D eigenvalue weighted by atomic mass is 35.5. The predicted molar refractivity (Wildman–Crippen MR) is 92.2 cm³/mol. The molecule has 1 aliphatic rings. The maximum atomic E-state index is 13.1. The van der Waals surface area contributed by atoms with E-state index in [2.05, 4.69) is 5.32 Å². The number of carbonyl (C=O) groups excluding carboxylic acids is 2. The molecule has 0 radical (unpaired) electrons. The summed E-state index contributed by atoms with van der Waals surface area (Å²) in [5, 5.41) is 2.06. The highest BCUT2D eigenvalue weighted by Crippen LogP contribution is 2.36. The van der Waals surface area contributed by atoms with Gasteiger partial charge in [0.15, 0.2) is 0 Å². The highest BCUT2D eigenvalue weighted by Gasteiger charge is 2.34. The fourth-order valence-electron chi connectivity index (χ4n) is 2.88. The van der Waals surface area contributed by atoms with Crippen LogP contribution < -0.4 is 10.2 Å². The first-order valence-corrected chi connectivity index (χ1v) is 8.18. The van der Waals surface area contributed by atoms with Gasteiger partial charge >= 0.3 is 6.18 Å². The Morgan fingerprint density at radius 2 is 1.88 bits per heavy atom. The average Bonchev–Trinajstić information content (AvgIpc) is 2.99. The summed E-state index contributed by atoms with van der Waals surface area (Å²) in [5.41, 5.74) is 0.241. The van der Waals surface area contributed by atoms with Gasteiger partial charge in [-0.25, -0.2) is 0 Å². The van der Waals surface area contributed by atoms with E-state index in [4.69, 9.17) is 11.6 Å². The van der Waals surface area contributed by atoms with Gasteiger partial charge < -0.3 is 10.2 Å². The first-order valence-electron chi connectivity index (χ1n) is 7.80. The minimum absolute atomic E-state index is 0.0972. The number of fused-ring (bicyclic) bond motifs is 1. The molecule has 1 heterocycles. The van der Waals surface area contributed by atoms with Gasteiger partial charge in [-0.05, 0) is 36.2 Å². The molecule has 1 N–H and O–H groups in total. The Morgan fingerprint density at radius 3 is 2.62 bits per heavy atom. The van der Waals surface area contributed by atoms with Gasteiger partial charge in [0.25, 0.3) is 0 Å². The monoisotopic (exact) mass is 382 g/mol. The van der Waals surface area contributed by atoms with Crippen LogP contribution in [0.5, 0.6) is 0 Å². The minimum Gasteiger partial charge on any atom is -0.325 e. The lowest BCUT2D eigenvalue weighted by Crippen LogP contribution is -2.32. The fraction of sp³-hybridized carbons (Fsp3) is 0.222. The van der Waals surface area contributed by atoms with Crippen molar-refractivity contribution in [2.75, 3.05) is 16.8 Å². The lowest BCUT2D eigenvalue weighted by molar-refractivity contribution is -0.137. The molecule has 0 unspecified atom stereocenters. The Hall–Kier alpha value is -2.54. The van der Waals surface area contributed by atoms with Crippen molar-refractivity contribution in [2.24, 2.45) is 0 Å². The SMILES string of the molecule is O=C(CC(=O)N1CCc2ccccc21)Nc1ccc(Cl)cc1C(F)(F)F. The van der Waals surface area contributed by atoms with Crippen molar-refractivity contribution in [2.45, 2.75) is 19.0 Å². The molecular weight excluding hydrogens is 369 g/mol. The van der Waals surface area contributed by atoms with Crippen molar-refractivity contribution in [1.82, 2.24) is 0 Å². The Balaban J connectivity index is 1.72. The largest absolute Gasteiger partial charge is 0.418 e. The zero-order valence-corrected chi connectivity index (χ0v) is 14.2. The number of nitrogens with zero attached hydrogens (tertiary/aromatic N) is 1. The number of anilines is 2. The van der Waals surface area contributed by atoms with E-state index in [-0.39, 0.29) is 5.02 Å². The molecule has 0 spiro atoms. The van der Waals surface area contributed by atoms with Gasteiger partial charge in [0.2, 0.25) is 11.8 Å². The number of halogens is 4. The Morgan fingerprint density at radius 1 is 1.15 bits per heavy atom. The van der Waals surface area contributed by atoms with Crippen LogP contribution in [-0.2, 0) is 22.2 Å². The molecule has 26 heavy (non-hydrogen) atoms. The summed E-state index contributed by atoms with van der Waals surface area (Å²) in [6, 6.07) is 10.4. The van der Waals surface area contributed by atoms with E-state index >= 15 is 0 Å². The first-order chi connectivity index (χ1) is 12.3. The van der Waals surface area contributed by atoms with Gasteiger partial charge in [-0.2, -0.15) is 13.2 Å². The second-order valence-corrected chi connectivity index (χ2v) is 6.27. The molecular formula is C18H14ClF3N2O2. The Bertz CT molecular complexity index is 868. The van der Waals surface area contributed by atoms with E-state index in [1.54, 1.807) is 12.1 Å². The molecule has 0 aromatic heterocycles. The van der Waals surface area contributed by atoms with E-state index in [1.807, 2.05) is 12.1 Å². The number of carbonyl (C=O) groups is 2. The number of rotatable bonds is 3. The maximum Gasteiger partial charge on any atom is 0.418 e. The second-order valence-electron chi connectivity index (χ2n) is 5.84. The summed E-state index contributed by atoms with van der Waals surface area (Å²) in [5.74, 6) is -1.28. The second kappa shape index (κ2) is 6.99. The number of para-hydroxylation sites is 1. The third kappa shape index (κ3) is 3.83. The van der Waals surface area contributed by atoms with Crippen molar-refractivity contribution in [3.8, 4) is 0 Å². The van der Waals surface area contributed by atoms with Crippen molar-refractivity contribution in [1.29, 1.82) is 0 Å². The molecule has 3 rings (SSSR count). The summed E-state index contributed by atoms with van der Waals surface area (Å²) in [6.07, 6.45) is -4.54. The molecule has 0 aliphatic carbocycles. The molecule has 2 aromatic carbocycles. The molecule has 2 amide bonds. The van der Waals surface area contributed by atoms with Crippen LogP contribution in [0.3, 0.4) is 0 Å². The van der Waals surface area contributed by atoms with E-state index in [1.165, 1.54) is 11.0 Å². The van der Waals surface area contributed by atoms with Crippen LogP contribution in [0.15, 0.2) is 42.5 Å². The number of nitrogens with one attached hydrogen (secondary N) is 1. The molecule has 1 aliphatic heterocycles. The minimum atomic E-state index is -4.68. The maximum absolute atomic E-state index is 13.1. The molecule has 136 valence electrons. The summed E-state index contributed by atoms with van der Waals surface area (Å²) >= 11 is 5.60. The zero-order chi connectivity index (χ0) is 18.9. The lowest BCUT2D eigenvalue weighted by Gasteiger charge is -2.18. The topological polar surface area (TPSA) is 49.4 Å². The zero-order valence-electron chi connectivity index (χ0n) is 13.4. The molecule has 8 heteroatoms. The van der Waals surface area contributed by atoms with Gasteiger partial charge in [-0.1, -0.05) is 29.8 Å². The standard InChI is InChI=1S/C18H14ClF3N2O2/c19-12-5-6-14(13(9-12)18(20,21)22)23-16(25)10-17(26)24-8-7-11-3-1-2-4-15(11)24/h1-6,9H,7-8,10H2,(H,23,25). The summed E-state index contributed by atoms with van der Waals surface area (Å²) in [6.45, 7) is 0.445. The lowest BCUT2D eigenvalue weighted by atomic mass is 10.1. The van der Waals surface area contributed by atoms with Crippen molar-refractivity contribution in [3.05, 3.63) is 58.6 Å². The smallest absolute Gasteiger partial charge is 0.325 e. The Labute approximate surface area is 152 Å². The fourth-order valence-corrected chi connectivity index (χ4v) is 3.06. The molecule has 2 aromatic rings. The van der Waals surface area contributed by atoms with E-state index in [0.717, 1.165) is 23.4 Å². The van der Waals surface area contributed by atoms with Crippen LogP contribution >= 0.6 is 11.6 Å². The highest BCUT2D eigenvalue weighted by molar-refractivity contribution is 6.30. The molecule has 4 nitrogen and oxygen atoms in total. The molecule has 0 atom stereocenters. The third-order valence-corrected chi connectivity index (χ3v) is 4.30. The van der Waals surface area contributed by atoms with Crippen LogP contribution in [0.2, 0.25) is 5.02 Å². The Kier molecular flexibility index (Phi) is 4.91. The van der Waals surface area contributed by atoms with E-state index in [0.29, 0.717) is 13.0 Å². The number of amides is 2.